The molecule has 96 valence electrons. The third-order valence-electron chi connectivity index (χ3n) is 2.66. The normalized spacial score (nSPS) is 12.4. The van der Waals surface area contributed by atoms with Gasteiger partial charge in [-0.1, -0.05) is 19.9 Å². The first-order chi connectivity index (χ1) is 8.10. The van der Waals surface area contributed by atoms with Gasteiger partial charge in [0.25, 0.3) is 0 Å². The first kappa shape index (κ1) is 13.6. The molecule has 2 N–H and O–H groups in total. The van der Waals surface area contributed by atoms with Gasteiger partial charge < -0.3 is 19.9 Å². The molecule has 0 saturated carbocycles. The highest BCUT2D eigenvalue weighted by atomic mass is 16.5. The van der Waals surface area contributed by atoms with E-state index in [9.17, 15) is 0 Å². The van der Waals surface area contributed by atoms with E-state index in [0.717, 1.165) is 0 Å². The predicted molar refractivity (Wildman–Crippen MR) is 67.9 cm³/mol. The first-order valence-corrected chi connectivity index (χ1v) is 5.69. The summed E-state index contributed by atoms with van der Waals surface area (Å²) in [6, 6.07) is 5.51. The van der Waals surface area contributed by atoms with Gasteiger partial charge in [-0.2, -0.15) is 0 Å². The van der Waals surface area contributed by atoms with E-state index in [0.29, 0.717) is 29.8 Å². The van der Waals surface area contributed by atoms with Crippen LogP contribution in [0, 0.1) is 5.92 Å². The Hall–Kier alpha value is -1.42. The topological polar surface area (TPSA) is 53.7 Å². The maximum Gasteiger partial charge on any atom is 0.203 e. The van der Waals surface area contributed by atoms with Gasteiger partial charge in [-0.25, -0.2) is 0 Å². The van der Waals surface area contributed by atoms with Crippen molar-refractivity contribution in [3.8, 4) is 17.2 Å². The summed E-state index contributed by atoms with van der Waals surface area (Å²) in [5.41, 5.74) is 5.94. The van der Waals surface area contributed by atoms with E-state index < -0.39 is 0 Å². The summed E-state index contributed by atoms with van der Waals surface area (Å²) in [5.74, 6) is 2.28. The number of hydrogen-bond donors (Lipinski definition) is 1. The van der Waals surface area contributed by atoms with E-state index in [1.54, 1.807) is 14.2 Å². The third kappa shape index (κ3) is 3.53. The number of hydrogen-bond acceptors (Lipinski definition) is 4. The molecule has 0 aliphatic rings. The summed E-state index contributed by atoms with van der Waals surface area (Å²) in [7, 11) is 3.20. The largest absolute Gasteiger partial charge is 0.493 e. The second-order valence-corrected chi connectivity index (χ2v) is 4.21. The van der Waals surface area contributed by atoms with E-state index in [-0.39, 0.29) is 6.04 Å². The number of methoxy groups -OCH3 is 2. The third-order valence-corrected chi connectivity index (χ3v) is 2.66. The average molecular weight is 239 g/mol. The zero-order valence-corrected chi connectivity index (χ0v) is 10.9. The van der Waals surface area contributed by atoms with Gasteiger partial charge in [0, 0.05) is 6.04 Å². The molecule has 0 heterocycles. The lowest BCUT2D eigenvalue weighted by Gasteiger charge is -2.19. The minimum Gasteiger partial charge on any atom is -0.493 e. The van der Waals surface area contributed by atoms with E-state index in [4.69, 9.17) is 19.9 Å². The molecular weight excluding hydrogens is 218 g/mol. The van der Waals surface area contributed by atoms with Gasteiger partial charge in [-0.05, 0) is 18.1 Å². The van der Waals surface area contributed by atoms with Gasteiger partial charge in [0.15, 0.2) is 11.5 Å². The Morgan fingerprint density at radius 2 is 1.65 bits per heavy atom. The number of rotatable bonds is 6. The second-order valence-electron chi connectivity index (χ2n) is 4.21. The van der Waals surface area contributed by atoms with E-state index >= 15 is 0 Å². The van der Waals surface area contributed by atoms with E-state index in [1.807, 2.05) is 18.2 Å². The molecule has 1 aromatic rings. The van der Waals surface area contributed by atoms with Crippen molar-refractivity contribution in [2.24, 2.45) is 11.7 Å². The Balaban J connectivity index is 2.81. The molecular formula is C13H21NO3. The molecule has 4 nitrogen and oxygen atoms in total. The van der Waals surface area contributed by atoms with Crippen molar-refractivity contribution < 1.29 is 14.2 Å². The highest BCUT2D eigenvalue weighted by Crippen LogP contribution is 2.36. The average Bonchev–Trinajstić information content (AvgIpc) is 2.34. The van der Waals surface area contributed by atoms with Crippen LogP contribution in [0.2, 0.25) is 0 Å². The predicted octanol–water partition coefficient (Wildman–Crippen LogP) is 2.07. The van der Waals surface area contributed by atoms with Gasteiger partial charge in [0.2, 0.25) is 5.75 Å². The Labute approximate surface area is 103 Å². The quantitative estimate of drug-likeness (QED) is 0.825. The maximum absolute atomic E-state index is 5.94. The van der Waals surface area contributed by atoms with Crippen molar-refractivity contribution in [1.82, 2.24) is 0 Å². The molecule has 0 radical (unpaired) electrons. The van der Waals surface area contributed by atoms with Crippen molar-refractivity contribution >= 4 is 0 Å². The molecule has 1 rings (SSSR count). The minimum absolute atomic E-state index is 0.00961. The van der Waals surface area contributed by atoms with Gasteiger partial charge >= 0.3 is 0 Å². The van der Waals surface area contributed by atoms with Crippen LogP contribution in [0.3, 0.4) is 0 Å². The lowest BCUT2D eigenvalue weighted by molar-refractivity contribution is 0.236. The van der Waals surface area contributed by atoms with Gasteiger partial charge in [-0.15, -0.1) is 0 Å². The van der Waals surface area contributed by atoms with Crippen molar-refractivity contribution in [3.05, 3.63) is 18.2 Å². The molecule has 0 aromatic heterocycles. The number of nitrogens with two attached hydrogens (primary N) is 1. The van der Waals surface area contributed by atoms with Crippen LogP contribution in [-0.2, 0) is 0 Å². The Morgan fingerprint density at radius 1 is 1.12 bits per heavy atom. The van der Waals surface area contributed by atoms with Crippen LogP contribution < -0.4 is 19.9 Å². The maximum atomic E-state index is 5.94. The molecule has 0 amide bonds. The summed E-state index contributed by atoms with van der Waals surface area (Å²) >= 11 is 0. The smallest absolute Gasteiger partial charge is 0.203 e. The molecule has 0 fully saturated rings. The van der Waals surface area contributed by atoms with E-state index in [2.05, 4.69) is 13.8 Å². The van der Waals surface area contributed by atoms with Crippen LogP contribution in [0.5, 0.6) is 17.2 Å². The molecule has 0 aliphatic heterocycles. The zero-order chi connectivity index (χ0) is 12.8. The molecule has 1 atom stereocenters. The fourth-order valence-electron chi connectivity index (χ4n) is 1.33. The summed E-state index contributed by atoms with van der Waals surface area (Å²) in [5, 5.41) is 0. The summed E-state index contributed by atoms with van der Waals surface area (Å²) in [4.78, 5) is 0. The number of benzene rings is 1. The molecule has 0 saturated heterocycles. The Kier molecular flexibility index (Phi) is 5.10. The number of ether oxygens (including phenoxy) is 3. The monoisotopic (exact) mass is 239 g/mol. The van der Waals surface area contributed by atoms with Gasteiger partial charge in [0.05, 0.1) is 14.2 Å². The molecule has 0 spiro atoms. The summed E-state index contributed by atoms with van der Waals surface area (Å²) < 4.78 is 16.2. The first-order valence-electron chi connectivity index (χ1n) is 5.69. The minimum atomic E-state index is -0.00961. The van der Waals surface area contributed by atoms with Crippen molar-refractivity contribution in [1.29, 1.82) is 0 Å². The fourth-order valence-corrected chi connectivity index (χ4v) is 1.33. The van der Waals surface area contributed by atoms with Crippen molar-refractivity contribution in [2.75, 3.05) is 20.8 Å². The Morgan fingerprint density at radius 3 is 2.06 bits per heavy atom. The van der Waals surface area contributed by atoms with Crippen LogP contribution in [0.1, 0.15) is 13.8 Å². The number of para-hydroxylation sites is 1. The highest BCUT2D eigenvalue weighted by Gasteiger charge is 2.14. The molecule has 1 unspecified atom stereocenters. The van der Waals surface area contributed by atoms with Crippen molar-refractivity contribution in [2.45, 2.75) is 19.9 Å². The summed E-state index contributed by atoms with van der Waals surface area (Å²) in [6.07, 6.45) is 0. The van der Waals surface area contributed by atoms with Crippen LogP contribution in [0.4, 0.5) is 0 Å². The Bertz CT molecular complexity index is 330. The van der Waals surface area contributed by atoms with Crippen LogP contribution in [0.15, 0.2) is 18.2 Å². The lowest BCUT2D eigenvalue weighted by atomic mass is 10.1. The second kappa shape index (κ2) is 6.35. The highest BCUT2D eigenvalue weighted by molar-refractivity contribution is 5.51. The molecule has 17 heavy (non-hydrogen) atoms. The van der Waals surface area contributed by atoms with Crippen LogP contribution >= 0.6 is 0 Å². The van der Waals surface area contributed by atoms with Crippen LogP contribution in [-0.4, -0.2) is 26.9 Å². The van der Waals surface area contributed by atoms with Gasteiger partial charge in [-0.3, -0.25) is 0 Å². The van der Waals surface area contributed by atoms with Gasteiger partial charge in [0.1, 0.15) is 6.61 Å². The SMILES string of the molecule is COc1cccc(OC)c1OCC(N)C(C)C. The zero-order valence-electron chi connectivity index (χ0n) is 10.9. The summed E-state index contributed by atoms with van der Waals surface area (Å²) in [6.45, 7) is 4.56. The molecule has 0 bridgehead atoms. The lowest BCUT2D eigenvalue weighted by Crippen LogP contribution is -2.33. The van der Waals surface area contributed by atoms with Crippen LogP contribution in [0.25, 0.3) is 0 Å². The van der Waals surface area contributed by atoms with E-state index in [1.165, 1.54) is 0 Å². The fraction of sp³-hybridized carbons (Fsp3) is 0.538. The standard InChI is InChI=1S/C13H21NO3/c1-9(2)10(14)8-17-13-11(15-3)6-5-7-12(13)16-4/h5-7,9-10H,8,14H2,1-4H3. The molecule has 1 aromatic carbocycles. The van der Waals surface area contributed by atoms with Crippen molar-refractivity contribution in [3.63, 3.8) is 0 Å². The molecule has 4 heteroatoms. The molecule has 0 aliphatic carbocycles.